The van der Waals surface area contributed by atoms with Gasteiger partial charge < -0.3 is 17.6 Å². The van der Waals surface area contributed by atoms with Crippen LogP contribution < -0.4 is 5.32 Å². The molecule has 7 heteroatoms. The summed E-state index contributed by atoms with van der Waals surface area (Å²) in [6, 6.07) is 3.88. The maximum absolute atomic E-state index is 4.35. The number of rotatable bonds is 1. The number of nitrogens with one attached hydrogen (secondary N) is 1. The molecule has 0 saturated heterocycles. The summed E-state index contributed by atoms with van der Waals surface area (Å²) in [5, 5.41) is 3.25. The van der Waals surface area contributed by atoms with E-state index in [9.17, 15) is 0 Å². The van der Waals surface area contributed by atoms with Gasteiger partial charge in [-0.25, -0.2) is 0 Å². The smallest absolute Gasteiger partial charge is 0.168 e. The van der Waals surface area contributed by atoms with Gasteiger partial charge in [-0.3, -0.25) is 22.0 Å². The minimum atomic E-state index is 0. The van der Waals surface area contributed by atoms with Gasteiger partial charge in [-0.1, -0.05) is 0 Å². The summed E-state index contributed by atoms with van der Waals surface area (Å²) < 4.78 is 0.885. The largest absolute Gasteiger partial charge is 0.494 e. The molecule has 1 radical (unpaired) electrons. The molecule has 0 amide bonds. The first-order chi connectivity index (χ1) is 8.75. The van der Waals surface area contributed by atoms with Gasteiger partial charge in [0.2, 0.25) is 0 Å². The van der Waals surface area contributed by atoms with Gasteiger partial charge in [0.25, 0.3) is 0 Å². The molecule has 0 unspecified atom stereocenters. The number of guanidine groups is 1. The maximum Gasteiger partial charge on any atom is 0.168 e. The molecule has 3 rings (SSSR count). The van der Waals surface area contributed by atoms with E-state index in [0.717, 1.165) is 40.2 Å². The molecule has 1 aliphatic rings. The number of hydrogen-bond donors (Lipinski definition) is 1. The number of benzene rings is 1. The molecule has 0 atom stereocenters. The Morgan fingerprint density at radius 1 is 1.25 bits per heavy atom. The molecule has 1 aromatic carbocycles. The number of anilines is 1. The molecule has 1 aliphatic heterocycles. The van der Waals surface area contributed by atoms with Crippen molar-refractivity contribution in [3.63, 3.8) is 0 Å². The fourth-order valence-electron chi connectivity index (χ4n) is 1.82. The van der Waals surface area contributed by atoms with Crippen molar-refractivity contribution >= 4 is 38.6 Å². The van der Waals surface area contributed by atoms with Crippen molar-refractivity contribution in [3.8, 4) is 0 Å². The van der Waals surface area contributed by atoms with Crippen LogP contribution in [0.2, 0.25) is 0 Å². The van der Waals surface area contributed by atoms with Crippen molar-refractivity contribution in [2.24, 2.45) is 4.99 Å². The Kier molecular flexibility index (Phi) is 6.49. The second-order valence-corrected chi connectivity index (χ2v) is 4.74. The first-order valence-electron chi connectivity index (χ1n) is 5.54. The van der Waals surface area contributed by atoms with Crippen LogP contribution in [0.3, 0.4) is 0 Å². The van der Waals surface area contributed by atoms with Crippen LogP contribution in [-0.4, -0.2) is 33.9 Å². The average molecular weight is 409 g/mol. The zero-order chi connectivity index (χ0) is 12.5. The standard InChI is InChI=1S/C12H11BrN5.CH3.Y/c1-18-7-6-16-12(18)17-8-2-3-9-11(10(8)13)15-5-4-14-9;;/h2-5H,1,6-7H2,(H,16,17);1H3;/q2*-1;. The Hall–Kier alpha value is -0.586. The third-order valence-electron chi connectivity index (χ3n) is 2.76. The van der Waals surface area contributed by atoms with Crippen LogP contribution in [0.25, 0.3) is 11.0 Å². The predicted molar refractivity (Wildman–Crippen MR) is 81.6 cm³/mol. The van der Waals surface area contributed by atoms with Crippen molar-refractivity contribution in [1.29, 1.82) is 0 Å². The van der Waals surface area contributed by atoms with E-state index in [1.807, 2.05) is 17.0 Å². The van der Waals surface area contributed by atoms with E-state index in [-0.39, 0.29) is 40.1 Å². The van der Waals surface area contributed by atoms with E-state index in [1.54, 1.807) is 12.4 Å². The Labute approximate surface area is 152 Å². The normalized spacial score (nSPS) is 13.5. The van der Waals surface area contributed by atoms with Gasteiger partial charge in [0, 0.05) is 51.6 Å². The number of aliphatic imine (C=N–C) groups is 1. The zero-order valence-electron chi connectivity index (χ0n) is 11.2. The van der Waals surface area contributed by atoms with E-state index in [0.29, 0.717) is 0 Å². The van der Waals surface area contributed by atoms with Gasteiger partial charge in [-0.2, -0.15) is 0 Å². The molecule has 103 valence electrons. The number of fused-ring (bicyclic) bond motifs is 1. The number of halogens is 1. The van der Waals surface area contributed by atoms with Crippen LogP contribution in [0, 0.1) is 14.5 Å². The van der Waals surface area contributed by atoms with Crippen LogP contribution in [0.4, 0.5) is 5.69 Å². The minimum absolute atomic E-state index is 0. The van der Waals surface area contributed by atoms with Gasteiger partial charge >= 0.3 is 0 Å². The molecule has 1 N–H and O–H groups in total. The molecule has 0 bridgehead atoms. The zero-order valence-corrected chi connectivity index (χ0v) is 15.6. The number of nitrogens with zero attached hydrogens (tertiary/aromatic N) is 4. The molecule has 2 aromatic rings. The average Bonchev–Trinajstić information content (AvgIpc) is 2.79. The molecule has 20 heavy (non-hydrogen) atoms. The Bertz CT molecular complexity index is 631. The number of hydrogen-bond acceptors (Lipinski definition) is 5. The Morgan fingerprint density at radius 2 is 2.00 bits per heavy atom. The Morgan fingerprint density at radius 3 is 2.70 bits per heavy atom. The summed E-state index contributed by atoms with van der Waals surface area (Å²) >= 11 is 3.55. The quantitative estimate of drug-likeness (QED) is 0.737. The topological polar surface area (TPSA) is 53.4 Å². The monoisotopic (exact) mass is 408 g/mol. The van der Waals surface area contributed by atoms with Gasteiger partial charge in [0.05, 0.1) is 22.2 Å². The van der Waals surface area contributed by atoms with E-state index >= 15 is 0 Å². The van der Waals surface area contributed by atoms with Crippen LogP contribution in [0.1, 0.15) is 0 Å². The summed E-state index contributed by atoms with van der Waals surface area (Å²) in [4.78, 5) is 14.8. The third kappa shape index (κ3) is 3.35. The van der Waals surface area contributed by atoms with Crippen molar-refractivity contribution in [1.82, 2.24) is 14.9 Å². The van der Waals surface area contributed by atoms with Gasteiger partial charge in [0.15, 0.2) is 5.96 Å². The minimum Gasteiger partial charge on any atom is -0.494 e. The molecule has 0 spiro atoms. The van der Waals surface area contributed by atoms with Crippen molar-refractivity contribution in [2.75, 3.05) is 18.4 Å². The van der Waals surface area contributed by atoms with E-state index < -0.39 is 0 Å². The molecule has 1 aromatic heterocycles. The molecule has 2 heterocycles. The molecule has 0 fully saturated rings. The first-order valence-corrected chi connectivity index (χ1v) is 6.34. The number of aromatic nitrogens is 2. The van der Waals surface area contributed by atoms with Crippen LogP contribution in [0.5, 0.6) is 0 Å². The van der Waals surface area contributed by atoms with Crippen LogP contribution >= 0.6 is 15.9 Å². The second-order valence-electron chi connectivity index (χ2n) is 3.94. The molecule has 0 aliphatic carbocycles. The van der Waals surface area contributed by atoms with E-state index in [1.165, 1.54) is 0 Å². The summed E-state index contributed by atoms with van der Waals surface area (Å²) in [7, 11) is 3.90. The van der Waals surface area contributed by atoms with E-state index in [2.05, 4.69) is 43.3 Å². The second kappa shape index (κ2) is 7.43. The van der Waals surface area contributed by atoms with Gasteiger partial charge in [-0.05, 0) is 28.1 Å². The van der Waals surface area contributed by atoms with Crippen LogP contribution in [0.15, 0.2) is 34.0 Å². The van der Waals surface area contributed by atoms with E-state index in [4.69, 9.17) is 0 Å². The molecule has 5 nitrogen and oxygen atoms in total. The molecular formula is C13H14BrN5Y-2. The Balaban J connectivity index is 0.000001000. The fourth-order valence-corrected chi connectivity index (χ4v) is 2.36. The summed E-state index contributed by atoms with van der Waals surface area (Å²) in [6.45, 7) is 1.62. The fraction of sp³-hybridized carbons (Fsp3) is 0.154. The van der Waals surface area contributed by atoms with Crippen LogP contribution in [-0.2, 0) is 32.7 Å². The first kappa shape index (κ1) is 17.5. The molecular weight excluding hydrogens is 395 g/mol. The summed E-state index contributed by atoms with van der Waals surface area (Å²) in [5.41, 5.74) is 2.60. The van der Waals surface area contributed by atoms with Gasteiger partial charge in [0.1, 0.15) is 5.52 Å². The summed E-state index contributed by atoms with van der Waals surface area (Å²) in [5.74, 6) is 0.777. The summed E-state index contributed by atoms with van der Waals surface area (Å²) in [6.07, 6.45) is 3.36. The van der Waals surface area contributed by atoms with Gasteiger partial charge in [-0.15, -0.1) is 0 Å². The third-order valence-corrected chi connectivity index (χ3v) is 3.56. The molecule has 0 saturated carbocycles. The predicted octanol–water partition coefficient (Wildman–Crippen LogP) is 2.72. The van der Waals surface area contributed by atoms with Crippen molar-refractivity contribution in [2.45, 2.75) is 0 Å². The maximum atomic E-state index is 4.35. The van der Waals surface area contributed by atoms with Crippen molar-refractivity contribution in [3.05, 3.63) is 43.5 Å². The van der Waals surface area contributed by atoms with Crippen molar-refractivity contribution < 1.29 is 32.7 Å². The SMILES string of the molecule is [CH2-]N1CCN=C1Nc1ccc2nccnc2c1Br.[CH3-].[Y].